The van der Waals surface area contributed by atoms with Crippen molar-refractivity contribution in [3.63, 3.8) is 0 Å². The minimum absolute atomic E-state index is 0.0368. The predicted octanol–water partition coefficient (Wildman–Crippen LogP) is 2.66. The molecule has 1 aromatic heterocycles. The summed E-state index contributed by atoms with van der Waals surface area (Å²) in [6.07, 6.45) is 2.97. The highest BCUT2D eigenvalue weighted by atomic mass is 16.5. The first-order valence-electron chi connectivity index (χ1n) is 9.05. The molecule has 0 bridgehead atoms. The molecule has 6 nitrogen and oxygen atoms in total. The Morgan fingerprint density at radius 3 is 2.84 bits per heavy atom. The van der Waals surface area contributed by atoms with E-state index in [4.69, 9.17) is 4.52 Å². The summed E-state index contributed by atoms with van der Waals surface area (Å²) >= 11 is 0. The molecule has 1 saturated heterocycles. The molecule has 134 valence electrons. The number of nitrogens with zero attached hydrogens (tertiary/aromatic N) is 2. The van der Waals surface area contributed by atoms with Crippen molar-refractivity contribution in [1.29, 1.82) is 0 Å². The standard InChI is InChI=1S/C19H26N4O2/c1-13(2)14-5-7-15(8-6-14)19-22-18(25-23-19)10-9-17(24)21-16-4-3-11-20-12-16/h5-8,13,16,20H,3-4,9-12H2,1-2H3,(H,21,24). The summed E-state index contributed by atoms with van der Waals surface area (Å²) in [4.78, 5) is 16.4. The lowest BCUT2D eigenvalue weighted by atomic mass is 10.0. The maximum absolute atomic E-state index is 12.0. The number of carbonyl (C=O) groups excluding carboxylic acids is 1. The van der Waals surface area contributed by atoms with Gasteiger partial charge in [-0.05, 0) is 30.9 Å². The van der Waals surface area contributed by atoms with Crippen molar-refractivity contribution in [2.45, 2.75) is 51.5 Å². The zero-order valence-corrected chi connectivity index (χ0v) is 14.9. The Kier molecular flexibility index (Phi) is 5.81. The lowest BCUT2D eigenvalue weighted by Gasteiger charge is -2.23. The number of piperidine rings is 1. The van der Waals surface area contributed by atoms with Crippen LogP contribution in [-0.2, 0) is 11.2 Å². The van der Waals surface area contributed by atoms with Gasteiger partial charge in [0.15, 0.2) is 0 Å². The number of benzene rings is 1. The summed E-state index contributed by atoms with van der Waals surface area (Å²) in [5.74, 6) is 1.60. The van der Waals surface area contributed by atoms with Crippen LogP contribution in [0.3, 0.4) is 0 Å². The second kappa shape index (κ2) is 8.25. The van der Waals surface area contributed by atoms with Crippen LogP contribution in [0.4, 0.5) is 0 Å². The Morgan fingerprint density at radius 1 is 1.36 bits per heavy atom. The molecule has 0 aliphatic carbocycles. The van der Waals surface area contributed by atoms with Gasteiger partial charge in [-0.3, -0.25) is 4.79 Å². The van der Waals surface area contributed by atoms with E-state index in [1.807, 2.05) is 12.1 Å². The fraction of sp³-hybridized carbons (Fsp3) is 0.526. The molecule has 2 aromatic rings. The van der Waals surface area contributed by atoms with E-state index in [0.29, 0.717) is 30.5 Å². The van der Waals surface area contributed by atoms with Gasteiger partial charge < -0.3 is 15.2 Å². The third-order valence-electron chi connectivity index (χ3n) is 4.53. The van der Waals surface area contributed by atoms with Crippen molar-refractivity contribution in [2.75, 3.05) is 13.1 Å². The zero-order chi connectivity index (χ0) is 17.6. The zero-order valence-electron chi connectivity index (χ0n) is 14.9. The number of hydrogen-bond donors (Lipinski definition) is 2. The SMILES string of the molecule is CC(C)c1ccc(-c2noc(CCC(=O)NC3CCCNC3)n2)cc1. The number of aromatic nitrogens is 2. The van der Waals surface area contributed by atoms with Gasteiger partial charge in [0.05, 0.1) is 0 Å². The predicted molar refractivity (Wildman–Crippen MR) is 96.2 cm³/mol. The molecule has 2 heterocycles. The second-order valence-electron chi connectivity index (χ2n) is 6.90. The van der Waals surface area contributed by atoms with Gasteiger partial charge in [0, 0.05) is 31.0 Å². The first kappa shape index (κ1) is 17.6. The number of carbonyl (C=O) groups is 1. The second-order valence-corrected chi connectivity index (χ2v) is 6.90. The highest BCUT2D eigenvalue weighted by molar-refractivity contribution is 5.76. The Labute approximate surface area is 148 Å². The molecule has 1 unspecified atom stereocenters. The van der Waals surface area contributed by atoms with Gasteiger partial charge in [-0.2, -0.15) is 4.98 Å². The topological polar surface area (TPSA) is 80.0 Å². The van der Waals surface area contributed by atoms with Gasteiger partial charge >= 0.3 is 0 Å². The normalized spacial score (nSPS) is 17.6. The first-order chi connectivity index (χ1) is 12.1. The minimum Gasteiger partial charge on any atom is -0.352 e. The molecule has 25 heavy (non-hydrogen) atoms. The summed E-state index contributed by atoms with van der Waals surface area (Å²) in [5, 5.41) is 10.4. The average Bonchev–Trinajstić information content (AvgIpc) is 3.10. The molecular formula is C19H26N4O2. The van der Waals surface area contributed by atoms with Gasteiger partial charge in [0.1, 0.15) is 0 Å². The molecule has 1 amide bonds. The van der Waals surface area contributed by atoms with Gasteiger partial charge in [0.25, 0.3) is 0 Å². The van der Waals surface area contributed by atoms with Crippen LogP contribution in [0.1, 0.15) is 50.5 Å². The molecular weight excluding hydrogens is 316 g/mol. The van der Waals surface area contributed by atoms with Crippen LogP contribution in [0.15, 0.2) is 28.8 Å². The number of rotatable bonds is 6. The summed E-state index contributed by atoms with van der Waals surface area (Å²) < 4.78 is 5.28. The van der Waals surface area contributed by atoms with E-state index in [1.54, 1.807) is 0 Å². The maximum Gasteiger partial charge on any atom is 0.227 e. The Balaban J connectivity index is 1.51. The first-order valence-corrected chi connectivity index (χ1v) is 9.05. The summed E-state index contributed by atoms with van der Waals surface area (Å²) in [6, 6.07) is 8.42. The average molecular weight is 342 g/mol. The molecule has 2 N–H and O–H groups in total. The molecule has 3 rings (SSSR count). The number of nitrogens with one attached hydrogen (secondary N) is 2. The maximum atomic E-state index is 12.0. The molecule has 1 atom stereocenters. The van der Waals surface area contributed by atoms with E-state index in [9.17, 15) is 4.79 Å². The van der Waals surface area contributed by atoms with Crippen molar-refractivity contribution in [3.8, 4) is 11.4 Å². The highest BCUT2D eigenvalue weighted by Crippen LogP contribution is 2.20. The van der Waals surface area contributed by atoms with E-state index < -0.39 is 0 Å². The van der Waals surface area contributed by atoms with Gasteiger partial charge in [-0.1, -0.05) is 43.3 Å². The fourth-order valence-electron chi connectivity index (χ4n) is 2.99. The minimum atomic E-state index is 0.0368. The summed E-state index contributed by atoms with van der Waals surface area (Å²) in [7, 11) is 0. The van der Waals surface area contributed by atoms with E-state index in [0.717, 1.165) is 31.5 Å². The monoisotopic (exact) mass is 342 g/mol. The summed E-state index contributed by atoms with van der Waals surface area (Å²) in [5.41, 5.74) is 2.21. The number of hydrogen-bond acceptors (Lipinski definition) is 5. The van der Waals surface area contributed by atoms with E-state index in [-0.39, 0.29) is 11.9 Å². The van der Waals surface area contributed by atoms with Crippen molar-refractivity contribution >= 4 is 5.91 Å². The third-order valence-corrected chi connectivity index (χ3v) is 4.53. The molecule has 1 aromatic carbocycles. The summed E-state index contributed by atoms with van der Waals surface area (Å²) in [6.45, 7) is 6.21. The van der Waals surface area contributed by atoms with Crippen LogP contribution >= 0.6 is 0 Å². The molecule has 0 saturated carbocycles. The highest BCUT2D eigenvalue weighted by Gasteiger charge is 2.16. The molecule has 0 spiro atoms. The van der Waals surface area contributed by atoms with Gasteiger partial charge in [0.2, 0.25) is 17.6 Å². The van der Waals surface area contributed by atoms with Crippen molar-refractivity contribution in [1.82, 2.24) is 20.8 Å². The number of amides is 1. The Bertz CT molecular complexity index is 688. The lowest BCUT2D eigenvalue weighted by molar-refractivity contribution is -0.121. The molecule has 1 aliphatic heterocycles. The Morgan fingerprint density at radius 2 is 2.16 bits per heavy atom. The third kappa shape index (κ3) is 4.89. The molecule has 6 heteroatoms. The molecule has 0 radical (unpaired) electrons. The van der Waals surface area contributed by atoms with Crippen molar-refractivity contribution in [3.05, 3.63) is 35.7 Å². The van der Waals surface area contributed by atoms with Crippen molar-refractivity contribution in [2.24, 2.45) is 0 Å². The van der Waals surface area contributed by atoms with Crippen LogP contribution in [0.5, 0.6) is 0 Å². The lowest BCUT2D eigenvalue weighted by Crippen LogP contribution is -2.45. The number of aryl methyl sites for hydroxylation is 1. The van der Waals surface area contributed by atoms with Crippen LogP contribution in [0, 0.1) is 0 Å². The molecule has 1 fully saturated rings. The van der Waals surface area contributed by atoms with Crippen LogP contribution in [0.25, 0.3) is 11.4 Å². The van der Waals surface area contributed by atoms with Crippen LogP contribution < -0.4 is 10.6 Å². The van der Waals surface area contributed by atoms with E-state index >= 15 is 0 Å². The van der Waals surface area contributed by atoms with E-state index in [1.165, 1.54) is 5.56 Å². The van der Waals surface area contributed by atoms with Gasteiger partial charge in [-0.25, -0.2) is 0 Å². The van der Waals surface area contributed by atoms with E-state index in [2.05, 4.69) is 46.8 Å². The fourth-order valence-corrected chi connectivity index (χ4v) is 2.99. The van der Waals surface area contributed by atoms with Crippen LogP contribution in [-0.4, -0.2) is 35.2 Å². The van der Waals surface area contributed by atoms with Gasteiger partial charge in [-0.15, -0.1) is 0 Å². The largest absolute Gasteiger partial charge is 0.352 e. The smallest absolute Gasteiger partial charge is 0.227 e. The van der Waals surface area contributed by atoms with Crippen molar-refractivity contribution < 1.29 is 9.32 Å². The molecule has 1 aliphatic rings. The quantitative estimate of drug-likeness (QED) is 0.844. The Hall–Kier alpha value is -2.21. The van der Waals surface area contributed by atoms with Crippen LogP contribution in [0.2, 0.25) is 0 Å².